The van der Waals surface area contributed by atoms with Crippen molar-refractivity contribution < 1.29 is 14.4 Å². The summed E-state index contributed by atoms with van der Waals surface area (Å²) in [5.74, 6) is 0.121. The van der Waals surface area contributed by atoms with Gasteiger partial charge in [0.05, 0.1) is 28.3 Å². The number of methoxy groups -OCH3 is 1. The number of aromatic hydroxyl groups is 1. The van der Waals surface area contributed by atoms with Gasteiger partial charge < -0.3 is 9.84 Å². The van der Waals surface area contributed by atoms with Crippen LogP contribution in [-0.4, -0.2) is 59.4 Å². The number of hydrogen-bond acceptors (Lipinski definition) is 4. The summed E-state index contributed by atoms with van der Waals surface area (Å²) in [6, 6.07) is 3.87. The second kappa shape index (κ2) is 4.52. The van der Waals surface area contributed by atoms with Crippen LogP contribution in [0.1, 0.15) is 0 Å². The molecule has 0 aliphatic rings. The Morgan fingerprint density at radius 1 is 1.39 bits per heavy atom. The fourth-order valence-electron chi connectivity index (χ4n) is 1.93. The summed E-state index contributed by atoms with van der Waals surface area (Å²) in [5.41, 5.74) is 1.82. The number of nitrogens with one attached hydrogen (secondary N) is 1. The molecule has 7 nitrogen and oxygen atoms in total. The van der Waals surface area contributed by atoms with Gasteiger partial charge in [-0.25, -0.2) is 4.58 Å². The van der Waals surface area contributed by atoms with Crippen molar-refractivity contribution in [1.82, 2.24) is 15.4 Å². The Morgan fingerprint density at radius 3 is 2.72 bits per heavy atom. The van der Waals surface area contributed by atoms with Gasteiger partial charge in [0, 0.05) is 0 Å². The number of phenols is 1. The van der Waals surface area contributed by atoms with Crippen LogP contribution in [-0.2, 0) is 4.74 Å². The van der Waals surface area contributed by atoms with Crippen LogP contribution in [0.2, 0.25) is 0 Å². The van der Waals surface area contributed by atoms with E-state index in [-0.39, 0.29) is 5.75 Å². The number of phenolic OH excluding ortho intramolecular Hbond substituents is 1. The fourth-order valence-corrected chi connectivity index (χ4v) is 1.93. The Morgan fingerprint density at radius 2 is 2.11 bits per heavy atom. The molecule has 2 rings (SSSR count). The zero-order valence-electron chi connectivity index (χ0n) is 10.8. The third kappa shape index (κ3) is 1.83. The molecule has 1 heterocycles. The Kier molecular flexibility index (Phi) is 3.05. The third-order valence-corrected chi connectivity index (χ3v) is 2.63. The first-order valence-electron chi connectivity index (χ1n) is 5.40. The summed E-state index contributed by atoms with van der Waals surface area (Å²) >= 11 is 0. The molecule has 0 bridgehead atoms. The van der Waals surface area contributed by atoms with E-state index in [9.17, 15) is 5.11 Å². The molecular formula is C11H16N5O2+. The van der Waals surface area contributed by atoms with Gasteiger partial charge in [-0.2, -0.15) is 20.3 Å². The first-order chi connectivity index (χ1) is 8.56. The average molecular weight is 250 g/mol. The second-order valence-corrected chi connectivity index (χ2v) is 4.06. The Balaban J connectivity index is 2.63. The molecule has 0 radical (unpaired) electrons. The van der Waals surface area contributed by atoms with E-state index in [1.54, 1.807) is 35.8 Å². The van der Waals surface area contributed by atoms with Crippen molar-refractivity contribution >= 4 is 22.7 Å². The smallest absolute Gasteiger partial charge is 0.450 e. The lowest BCUT2D eigenvalue weighted by atomic mass is 10.2. The number of H-pyrrole nitrogens is 1. The van der Waals surface area contributed by atoms with E-state index in [0.717, 1.165) is 0 Å². The van der Waals surface area contributed by atoms with Crippen molar-refractivity contribution in [2.24, 2.45) is 0 Å². The first kappa shape index (κ1) is 12.2. The number of fused-ring (bicyclic) bond motifs is 1. The van der Waals surface area contributed by atoms with Crippen LogP contribution < -0.4 is 4.90 Å². The lowest BCUT2D eigenvalue weighted by Crippen LogP contribution is -2.34. The van der Waals surface area contributed by atoms with Gasteiger partial charge in [0.25, 0.3) is 0 Å². The Labute approximate surface area is 104 Å². The zero-order valence-corrected chi connectivity index (χ0v) is 10.8. The summed E-state index contributed by atoms with van der Waals surface area (Å²) in [6.07, 6.45) is 0. The van der Waals surface area contributed by atoms with Gasteiger partial charge in [0.15, 0.2) is 11.3 Å². The van der Waals surface area contributed by atoms with Crippen molar-refractivity contribution in [3.05, 3.63) is 12.1 Å². The molecule has 0 aliphatic carbocycles. The van der Waals surface area contributed by atoms with Crippen molar-refractivity contribution in [3.8, 4) is 5.75 Å². The maximum atomic E-state index is 10.0. The minimum atomic E-state index is 0.121. The maximum Gasteiger partial charge on any atom is 0.450 e. The molecule has 0 atom stereocenters. The average Bonchev–Trinajstić information content (AvgIpc) is 2.76. The lowest BCUT2D eigenvalue weighted by Gasteiger charge is -2.14. The zero-order chi connectivity index (χ0) is 13.3. The number of rotatable bonds is 1. The highest BCUT2D eigenvalue weighted by atomic mass is 16.5. The van der Waals surface area contributed by atoms with Crippen molar-refractivity contribution in [1.29, 1.82) is 0 Å². The van der Waals surface area contributed by atoms with Crippen LogP contribution in [0.25, 0.3) is 11.0 Å². The van der Waals surface area contributed by atoms with Crippen LogP contribution in [0.3, 0.4) is 0 Å². The van der Waals surface area contributed by atoms with E-state index in [0.29, 0.717) is 22.7 Å². The minimum absolute atomic E-state index is 0.121. The molecule has 2 aromatic rings. The van der Waals surface area contributed by atoms with Crippen LogP contribution in [0.5, 0.6) is 5.75 Å². The molecule has 0 fully saturated rings. The normalized spacial score (nSPS) is 10.4. The molecule has 2 N–H and O–H groups in total. The quantitative estimate of drug-likeness (QED) is 0.434. The van der Waals surface area contributed by atoms with Gasteiger partial charge >= 0.3 is 6.02 Å². The van der Waals surface area contributed by atoms with Crippen LogP contribution >= 0.6 is 0 Å². The van der Waals surface area contributed by atoms with E-state index in [1.165, 1.54) is 0 Å². The molecule has 0 saturated carbocycles. The maximum absolute atomic E-state index is 10.0. The number of ether oxygens (including phenoxy) is 1. The topological polar surface area (TPSA) is 77.3 Å². The Hall–Kier alpha value is -2.31. The monoisotopic (exact) mass is 250 g/mol. The molecular weight excluding hydrogens is 234 g/mol. The predicted octanol–water partition coefficient (Wildman–Crippen LogP) is 0.374. The first-order valence-corrected chi connectivity index (χ1v) is 5.40. The molecule has 7 heteroatoms. The summed E-state index contributed by atoms with van der Waals surface area (Å²) in [7, 11) is 7.08. The minimum Gasteiger partial charge on any atom is -0.504 e. The van der Waals surface area contributed by atoms with Gasteiger partial charge in [-0.1, -0.05) is 0 Å². The summed E-state index contributed by atoms with van der Waals surface area (Å²) in [4.78, 5) is 1.72. The van der Waals surface area contributed by atoms with Crippen LogP contribution in [0, 0.1) is 0 Å². The van der Waals surface area contributed by atoms with Crippen molar-refractivity contribution in [3.63, 3.8) is 0 Å². The number of hydrogen-bond donors (Lipinski definition) is 2. The fraction of sp³-hybridized carbons (Fsp3) is 0.364. The van der Waals surface area contributed by atoms with E-state index in [2.05, 4.69) is 15.4 Å². The number of anilines is 1. The van der Waals surface area contributed by atoms with Crippen LogP contribution in [0.15, 0.2) is 12.1 Å². The molecule has 0 saturated heterocycles. The van der Waals surface area contributed by atoms with Crippen molar-refractivity contribution in [2.45, 2.75) is 0 Å². The molecule has 96 valence electrons. The van der Waals surface area contributed by atoms with Gasteiger partial charge in [0.1, 0.15) is 5.52 Å². The second-order valence-electron chi connectivity index (χ2n) is 4.06. The molecule has 1 aromatic carbocycles. The number of aromatic nitrogens is 3. The summed E-state index contributed by atoms with van der Waals surface area (Å²) in [6.45, 7) is 0. The molecule has 1 aromatic heterocycles. The third-order valence-electron chi connectivity index (χ3n) is 2.63. The summed E-state index contributed by atoms with van der Waals surface area (Å²) < 4.78 is 7.11. The highest BCUT2D eigenvalue weighted by Gasteiger charge is 2.26. The largest absolute Gasteiger partial charge is 0.504 e. The van der Waals surface area contributed by atoms with E-state index < -0.39 is 0 Å². The standard InChI is InChI=1S/C11H15N5O2/c1-15(2)11(18-4)16(3)10-8(17)6-5-7-9(10)13-14-12-7/h5-6H,1-4H3,(H-,12,13,14,17)/p+1. The highest BCUT2D eigenvalue weighted by molar-refractivity contribution is 6.00. The molecule has 18 heavy (non-hydrogen) atoms. The lowest BCUT2D eigenvalue weighted by molar-refractivity contribution is -0.475. The van der Waals surface area contributed by atoms with Gasteiger partial charge in [-0.05, 0) is 12.1 Å². The summed E-state index contributed by atoms with van der Waals surface area (Å²) in [5, 5.41) is 20.6. The molecule has 0 spiro atoms. The molecule has 0 unspecified atom stereocenters. The van der Waals surface area contributed by atoms with Gasteiger partial charge in [0.2, 0.25) is 5.69 Å². The van der Waals surface area contributed by atoms with E-state index in [1.807, 2.05) is 14.1 Å². The Bertz CT molecular complexity index is 600. The number of nitrogens with zero attached hydrogens (tertiary/aromatic N) is 4. The highest BCUT2D eigenvalue weighted by Crippen LogP contribution is 2.32. The van der Waals surface area contributed by atoms with E-state index >= 15 is 0 Å². The van der Waals surface area contributed by atoms with Crippen LogP contribution in [0.4, 0.5) is 5.69 Å². The predicted molar refractivity (Wildman–Crippen MR) is 68.1 cm³/mol. The molecule has 0 amide bonds. The van der Waals surface area contributed by atoms with Crippen molar-refractivity contribution in [2.75, 3.05) is 33.2 Å². The number of amidine groups is 1. The number of benzene rings is 1. The van der Waals surface area contributed by atoms with Gasteiger partial charge in [-0.3, -0.25) is 0 Å². The number of aromatic amines is 1. The SMILES string of the molecule is COC(N(C)c1c(O)ccc2n[nH]nc12)=[N+](C)C. The van der Waals surface area contributed by atoms with Gasteiger partial charge in [-0.15, -0.1) is 0 Å². The van der Waals surface area contributed by atoms with E-state index in [4.69, 9.17) is 4.74 Å². The molecule has 0 aliphatic heterocycles.